The van der Waals surface area contributed by atoms with Crippen molar-refractivity contribution in [2.75, 3.05) is 11.9 Å². The molecule has 1 amide bonds. The maximum absolute atomic E-state index is 12.4. The van der Waals surface area contributed by atoms with Crippen molar-refractivity contribution in [1.82, 2.24) is 4.98 Å². The molecule has 5 heteroatoms. The van der Waals surface area contributed by atoms with Gasteiger partial charge < -0.3 is 0 Å². The summed E-state index contributed by atoms with van der Waals surface area (Å²) in [5.41, 5.74) is 1.77. The van der Waals surface area contributed by atoms with Gasteiger partial charge in [0.15, 0.2) is 6.29 Å². The molecule has 2 aromatic rings. The van der Waals surface area contributed by atoms with Crippen molar-refractivity contribution in [1.29, 1.82) is 0 Å². The van der Waals surface area contributed by atoms with Crippen molar-refractivity contribution in [2.45, 2.75) is 5.33 Å². The molecule has 0 radical (unpaired) electrons. The standard InChI is InChI=1S/C15H13BrN2O2/c1-18(14-8-11(9-16)6-7-17-14)15(20)13-5-3-2-4-12(13)10-19/h2-8,10H,9H2,1H3. The van der Waals surface area contributed by atoms with Gasteiger partial charge in [0, 0.05) is 24.1 Å². The average Bonchev–Trinajstić information content (AvgIpc) is 2.53. The molecule has 0 atom stereocenters. The number of benzene rings is 1. The molecule has 4 nitrogen and oxygen atoms in total. The number of amides is 1. The van der Waals surface area contributed by atoms with E-state index in [1.54, 1.807) is 37.5 Å². The quantitative estimate of drug-likeness (QED) is 0.638. The molecule has 0 N–H and O–H groups in total. The molecule has 20 heavy (non-hydrogen) atoms. The normalized spacial score (nSPS) is 10.1. The van der Waals surface area contributed by atoms with Crippen LogP contribution in [0.2, 0.25) is 0 Å². The molecule has 0 aliphatic heterocycles. The Labute approximate surface area is 125 Å². The summed E-state index contributed by atoms with van der Waals surface area (Å²) in [7, 11) is 1.64. The number of anilines is 1. The van der Waals surface area contributed by atoms with Crippen LogP contribution < -0.4 is 4.90 Å². The zero-order chi connectivity index (χ0) is 14.5. The van der Waals surface area contributed by atoms with E-state index in [1.165, 1.54) is 4.90 Å². The molecule has 0 aliphatic carbocycles. The predicted octanol–water partition coefficient (Wildman–Crippen LogP) is 3.07. The third kappa shape index (κ3) is 2.93. The molecule has 1 heterocycles. The summed E-state index contributed by atoms with van der Waals surface area (Å²) in [6.45, 7) is 0. The number of aromatic nitrogens is 1. The first-order valence-corrected chi connectivity index (χ1v) is 7.12. The fourth-order valence-corrected chi connectivity index (χ4v) is 2.16. The van der Waals surface area contributed by atoms with E-state index in [4.69, 9.17) is 0 Å². The van der Waals surface area contributed by atoms with E-state index in [2.05, 4.69) is 20.9 Å². The lowest BCUT2D eigenvalue weighted by Gasteiger charge is -2.17. The van der Waals surface area contributed by atoms with Gasteiger partial charge in [-0.05, 0) is 23.8 Å². The number of aldehydes is 1. The highest BCUT2D eigenvalue weighted by atomic mass is 79.9. The lowest BCUT2D eigenvalue weighted by atomic mass is 10.1. The van der Waals surface area contributed by atoms with Crippen LogP contribution in [0.25, 0.3) is 0 Å². The lowest BCUT2D eigenvalue weighted by Crippen LogP contribution is -2.28. The number of alkyl halides is 1. The van der Waals surface area contributed by atoms with Gasteiger partial charge in [0.1, 0.15) is 5.82 Å². The highest BCUT2D eigenvalue weighted by Crippen LogP contribution is 2.17. The molecule has 2 rings (SSSR count). The molecule has 0 unspecified atom stereocenters. The van der Waals surface area contributed by atoms with Gasteiger partial charge in [-0.15, -0.1) is 0 Å². The summed E-state index contributed by atoms with van der Waals surface area (Å²) in [5, 5.41) is 0.690. The van der Waals surface area contributed by atoms with Gasteiger partial charge in [0.25, 0.3) is 5.91 Å². The highest BCUT2D eigenvalue weighted by Gasteiger charge is 2.17. The van der Waals surface area contributed by atoms with E-state index in [-0.39, 0.29) is 5.91 Å². The number of hydrogen-bond acceptors (Lipinski definition) is 3. The Kier molecular flexibility index (Phi) is 4.63. The molecule has 0 bridgehead atoms. The molecule has 1 aromatic carbocycles. The Morgan fingerprint density at radius 3 is 2.80 bits per heavy atom. The largest absolute Gasteiger partial charge is 0.298 e. The van der Waals surface area contributed by atoms with Gasteiger partial charge >= 0.3 is 0 Å². The van der Waals surface area contributed by atoms with Gasteiger partial charge in [-0.1, -0.05) is 34.1 Å². The predicted molar refractivity (Wildman–Crippen MR) is 81.4 cm³/mol. The zero-order valence-corrected chi connectivity index (χ0v) is 12.5. The molecular formula is C15H13BrN2O2. The lowest BCUT2D eigenvalue weighted by molar-refractivity contribution is 0.0985. The summed E-state index contributed by atoms with van der Waals surface area (Å²) in [6.07, 6.45) is 2.34. The summed E-state index contributed by atoms with van der Waals surface area (Å²) >= 11 is 3.37. The van der Waals surface area contributed by atoms with Gasteiger partial charge in [-0.2, -0.15) is 0 Å². The molecule has 1 aromatic heterocycles. The van der Waals surface area contributed by atoms with Crippen LogP contribution in [0.3, 0.4) is 0 Å². The van der Waals surface area contributed by atoms with E-state index in [9.17, 15) is 9.59 Å². The van der Waals surface area contributed by atoms with Crippen molar-refractivity contribution < 1.29 is 9.59 Å². The van der Waals surface area contributed by atoms with Gasteiger partial charge in [-0.3, -0.25) is 14.5 Å². The van der Waals surface area contributed by atoms with Crippen LogP contribution in [0, 0.1) is 0 Å². The van der Waals surface area contributed by atoms with E-state index in [0.717, 1.165) is 5.56 Å². The van der Waals surface area contributed by atoms with Crippen molar-refractivity contribution in [3.8, 4) is 0 Å². The maximum atomic E-state index is 12.4. The Morgan fingerprint density at radius 1 is 1.35 bits per heavy atom. The molecule has 0 aliphatic rings. The summed E-state index contributed by atoms with van der Waals surface area (Å²) in [4.78, 5) is 29.1. The minimum Gasteiger partial charge on any atom is -0.298 e. The average molecular weight is 333 g/mol. The van der Waals surface area contributed by atoms with Crippen LogP contribution in [0.4, 0.5) is 5.82 Å². The van der Waals surface area contributed by atoms with Crippen molar-refractivity contribution in [2.24, 2.45) is 0 Å². The van der Waals surface area contributed by atoms with Gasteiger partial charge in [-0.25, -0.2) is 4.98 Å². The number of carbonyl (C=O) groups excluding carboxylic acids is 2. The van der Waals surface area contributed by atoms with Crippen molar-refractivity contribution in [3.63, 3.8) is 0 Å². The van der Waals surface area contributed by atoms with E-state index in [1.807, 2.05) is 12.1 Å². The Bertz CT molecular complexity index is 643. The van der Waals surface area contributed by atoms with E-state index in [0.29, 0.717) is 28.6 Å². The number of pyridine rings is 1. The molecule has 0 saturated heterocycles. The topological polar surface area (TPSA) is 50.3 Å². The van der Waals surface area contributed by atoms with Crippen molar-refractivity contribution in [3.05, 3.63) is 59.3 Å². The number of nitrogens with zero attached hydrogens (tertiary/aromatic N) is 2. The second-order valence-electron chi connectivity index (χ2n) is 4.23. The SMILES string of the molecule is CN(C(=O)c1ccccc1C=O)c1cc(CBr)ccn1. The second kappa shape index (κ2) is 6.43. The number of hydrogen-bond donors (Lipinski definition) is 0. The number of rotatable bonds is 4. The van der Waals surface area contributed by atoms with Crippen molar-refractivity contribution >= 4 is 33.9 Å². The molecule has 0 spiro atoms. The van der Waals surface area contributed by atoms with Crippen LogP contribution in [-0.4, -0.2) is 24.2 Å². The third-order valence-corrected chi connectivity index (χ3v) is 3.58. The van der Waals surface area contributed by atoms with Crippen LogP contribution in [0.5, 0.6) is 0 Å². The van der Waals surface area contributed by atoms with Crippen LogP contribution in [-0.2, 0) is 5.33 Å². The maximum Gasteiger partial charge on any atom is 0.259 e. The van der Waals surface area contributed by atoms with Gasteiger partial charge in [0.05, 0.1) is 5.56 Å². The summed E-state index contributed by atoms with van der Waals surface area (Å²) in [5.74, 6) is 0.291. The molecule has 0 fully saturated rings. The highest BCUT2D eigenvalue weighted by molar-refractivity contribution is 9.08. The Balaban J connectivity index is 2.34. The first-order chi connectivity index (χ1) is 9.67. The fraction of sp³-hybridized carbons (Fsp3) is 0.133. The number of carbonyl (C=O) groups is 2. The minimum atomic E-state index is -0.257. The van der Waals surface area contributed by atoms with Crippen LogP contribution >= 0.6 is 15.9 Å². The molecule has 0 saturated carbocycles. The summed E-state index contributed by atoms with van der Waals surface area (Å²) < 4.78 is 0. The van der Waals surface area contributed by atoms with Gasteiger partial charge in [0.2, 0.25) is 0 Å². The van der Waals surface area contributed by atoms with E-state index >= 15 is 0 Å². The van der Waals surface area contributed by atoms with Crippen LogP contribution in [0.1, 0.15) is 26.3 Å². The molecule has 102 valence electrons. The summed E-state index contributed by atoms with van der Waals surface area (Å²) in [6, 6.07) is 10.4. The third-order valence-electron chi connectivity index (χ3n) is 2.93. The Hall–Kier alpha value is -2.01. The first-order valence-electron chi connectivity index (χ1n) is 6.00. The zero-order valence-electron chi connectivity index (χ0n) is 10.9. The smallest absolute Gasteiger partial charge is 0.259 e. The monoisotopic (exact) mass is 332 g/mol. The van der Waals surface area contributed by atoms with E-state index < -0.39 is 0 Å². The fourth-order valence-electron chi connectivity index (χ4n) is 1.81. The molecular weight excluding hydrogens is 320 g/mol. The second-order valence-corrected chi connectivity index (χ2v) is 4.79. The Morgan fingerprint density at radius 2 is 2.10 bits per heavy atom. The number of halogens is 1. The van der Waals surface area contributed by atoms with Crippen LogP contribution in [0.15, 0.2) is 42.6 Å². The minimum absolute atomic E-state index is 0.257. The first kappa shape index (κ1) is 14.4.